The molecule has 1 heterocycles. The summed E-state index contributed by atoms with van der Waals surface area (Å²) < 4.78 is 1.53. The average molecular weight is 281 g/mol. The maximum Gasteiger partial charge on any atom is 0.271 e. The topological polar surface area (TPSA) is 76.2 Å². The van der Waals surface area contributed by atoms with Crippen molar-refractivity contribution in [3.8, 4) is 0 Å². The monoisotopic (exact) mass is 281 g/mol. The van der Waals surface area contributed by atoms with E-state index in [2.05, 4.69) is 43.0 Å². The minimum Gasteiger partial charge on any atom is -0.395 e. The molecule has 0 bridgehead atoms. The van der Waals surface area contributed by atoms with Crippen molar-refractivity contribution in [3.63, 3.8) is 0 Å². The summed E-state index contributed by atoms with van der Waals surface area (Å²) >= 11 is 0. The number of aryl methyl sites for hydroxylation is 2. The summed E-state index contributed by atoms with van der Waals surface area (Å²) in [6.07, 6.45) is 0. The third-order valence-electron chi connectivity index (χ3n) is 3.47. The van der Waals surface area contributed by atoms with Crippen LogP contribution in [0.3, 0.4) is 0 Å². The Labute approximate surface area is 121 Å². The highest BCUT2D eigenvalue weighted by molar-refractivity contribution is 5.97. The van der Waals surface area contributed by atoms with Gasteiger partial charge in [-0.1, -0.05) is 0 Å². The van der Waals surface area contributed by atoms with E-state index in [0.29, 0.717) is 35.7 Å². The lowest BCUT2D eigenvalue weighted by Crippen LogP contribution is -2.42. The van der Waals surface area contributed by atoms with E-state index in [1.165, 1.54) is 4.68 Å². The molecule has 0 aliphatic heterocycles. The summed E-state index contributed by atoms with van der Waals surface area (Å²) in [5.41, 5.74) is 7.45. The highest BCUT2D eigenvalue weighted by Crippen LogP contribution is 2.14. The first-order valence-corrected chi connectivity index (χ1v) is 7.08. The number of aromatic nitrogens is 2. The summed E-state index contributed by atoms with van der Waals surface area (Å²) in [6.45, 7) is 11.8. The van der Waals surface area contributed by atoms with Crippen molar-refractivity contribution in [3.05, 3.63) is 11.4 Å². The Kier molecular flexibility index (Phi) is 5.56. The Hall–Kier alpha value is -1.56. The van der Waals surface area contributed by atoms with Gasteiger partial charge in [-0.05, 0) is 34.6 Å². The highest BCUT2D eigenvalue weighted by Gasteiger charge is 2.18. The van der Waals surface area contributed by atoms with E-state index in [0.717, 1.165) is 6.54 Å². The molecule has 6 heteroatoms. The molecule has 0 atom stereocenters. The van der Waals surface area contributed by atoms with Crippen LogP contribution in [0.5, 0.6) is 0 Å². The largest absolute Gasteiger partial charge is 0.395 e. The minimum atomic E-state index is -0.168. The van der Waals surface area contributed by atoms with E-state index in [4.69, 9.17) is 5.73 Å². The molecule has 1 aromatic rings. The lowest BCUT2D eigenvalue weighted by Gasteiger charge is -2.30. The smallest absolute Gasteiger partial charge is 0.271 e. The molecule has 114 valence electrons. The van der Waals surface area contributed by atoms with Gasteiger partial charge in [-0.25, -0.2) is 0 Å². The summed E-state index contributed by atoms with van der Waals surface area (Å²) in [7, 11) is 1.73. The maximum absolute atomic E-state index is 12.2. The van der Waals surface area contributed by atoms with Crippen LogP contribution < -0.4 is 11.1 Å². The van der Waals surface area contributed by atoms with Crippen LogP contribution >= 0.6 is 0 Å². The third-order valence-corrected chi connectivity index (χ3v) is 3.47. The van der Waals surface area contributed by atoms with Crippen LogP contribution in [0.25, 0.3) is 0 Å². The van der Waals surface area contributed by atoms with E-state index in [1.54, 1.807) is 14.0 Å². The number of anilines is 1. The van der Waals surface area contributed by atoms with Crippen LogP contribution in [0.15, 0.2) is 0 Å². The number of nitrogen functional groups attached to an aromatic ring is 1. The Morgan fingerprint density at radius 1 is 1.35 bits per heavy atom. The van der Waals surface area contributed by atoms with Crippen molar-refractivity contribution in [1.29, 1.82) is 0 Å². The third kappa shape index (κ3) is 3.72. The summed E-state index contributed by atoms with van der Waals surface area (Å²) in [4.78, 5) is 14.5. The summed E-state index contributed by atoms with van der Waals surface area (Å²) in [6, 6.07) is 0.909. The predicted octanol–water partition coefficient (Wildman–Crippen LogP) is 1.16. The second kappa shape index (κ2) is 6.74. The number of hydrogen-bond acceptors (Lipinski definition) is 4. The molecule has 1 amide bonds. The highest BCUT2D eigenvalue weighted by atomic mass is 16.2. The predicted molar refractivity (Wildman–Crippen MR) is 81.7 cm³/mol. The molecule has 0 aliphatic rings. The number of nitrogens with one attached hydrogen (secondary N) is 1. The Bertz CT molecular complexity index is 456. The van der Waals surface area contributed by atoms with Crippen molar-refractivity contribution in [1.82, 2.24) is 20.0 Å². The zero-order valence-corrected chi connectivity index (χ0v) is 13.4. The molecular weight excluding hydrogens is 254 g/mol. The minimum absolute atomic E-state index is 0.168. The number of nitrogens with two attached hydrogens (primary N) is 1. The molecule has 0 spiro atoms. The van der Waals surface area contributed by atoms with Crippen LogP contribution in [0.2, 0.25) is 0 Å². The van der Waals surface area contributed by atoms with Crippen LogP contribution in [-0.2, 0) is 7.05 Å². The molecule has 3 N–H and O–H groups in total. The Balaban J connectivity index is 2.60. The van der Waals surface area contributed by atoms with Crippen LogP contribution in [-0.4, -0.2) is 45.8 Å². The molecule has 6 nitrogen and oxygen atoms in total. The standard InChI is InChI=1S/C14H27N5O/c1-9(2)19(10(3)4)8-7-16-14(20)13-12(15)11(5)17-18(13)6/h9-10H,7-8,15H2,1-6H3,(H,16,20). The SMILES string of the molecule is Cc1nn(C)c(C(=O)NCCN(C(C)C)C(C)C)c1N. The molecule has 0 aliphatic carbocycles. The number of amides is 1. The van der Waals surface area contributed by atoms with E-state index >= 15 is 0 Å². The number of rotatable bonds is 6. The fourth-order valence-electron chi connectivity index (χ4n) is 2.44. The van der Waals surface area contributed by atoms with E-state index in [-0.39, 0.29) is 5.91 Å². The van der Waals surface area contributed by atoms with Gasteiger partial charge in [-0.15, -0.1) is 0 Å². The maximum atomic E-state index is 12.2. The van der Waals surface area contributed by atoms with E-state index in [1.807, 2.05) is 0 Å². The lowest BCUT2D eigenvalue weighted by molar-refractivity contribution is 0.0931. The van der Waals surface area contributed by atoms with Crippen molar-refractivity contribution in [2.24, 2.45) is 7.05 Å². The normalized spacial score (nSPS) is 11.7. The van der Waals surface area contributed by atoms with Crippen molar-refractivity contribution in [2.45, 2.75) is 46.7 Å². The lowest BCUT2D eigenvalue weighted by atomic mass is 10.2. The molecule has 1 aromatic heterocycles. The summed E-state index contributed by atoms with van der Waals surface area (Å²) in [5.74, 6) is -0.168. The Morgan fingerprint density at radius 3 is 2.30 bits per heavy atom. The molecular formula is C14H27N5O. The molecule has 0 radical (unpaired) electrons. The van der Waals surface area contributed by atoms with Gasteiger partial charge in [0.2, 0.25) is 0 Å². The number of hydrogen-bond donors (Lipinski definition) is 2. The number of carbonyl (C=O) groups excluding carboxylic acids is 1. The first-order chi connectivity index (χ1) is 9.25. The molecule has 0 fully saturated rings. The molecule has 0 unspecified atom stereocenters. The first-order valence-electron chi connectivity index (χ1n) is 7.08. The van der Waals surface area contributed by atoms with Gasteiger partial charge in [0.15, 0.2) is 0 Å². The molecule has 0 saturated heterocycles. The molecule has 0 saturated carbocycles. The van der Waals surface area contributed by atoms with Gasteiger partial charge in [-0.3, -0.25) is 14.4 Å². The van der Waals surface area contributed by atoms with Gasteiger partial charge in [0.05, 0.1) is 11.4 Å². The van der Waals surface area contributed by atoms with Gasteiger partial charge >= 0.3 is 0 Å². The van der Waals surface area contributed by atoms with Crippen molar-refractivity contribution < 1.29 is 4.79 Å². The van der Waals surface area contributed by atoms with Crippen LogP contribution in [0, 0.1) is 6.92 Å². The first kappa shape index (κ1) is 16.5. The fraction of sp³-hybridized carbons (Fsp3) is 0.714. The quantitative estimate of drug-likeness (QED) is 0.820. The molecule has 1 rings (SSSR count). The Morgan fingerprint density at radius 2 is 1.90 bits per heavy atom. The second-order valence-corrected chi connectivity index (χ2v) is 5.65. The van der Waals surface area contributed by atoms with E-state index < -0.39 is 0 Å². The number of carbonyl (C=O) groups is 1. The average Bonchev–Trinajstić information content (AvgIpc) is 2.57. The van der Waals surface area contributed by atoms with Gasteiger partial charge in [0.25, 0.3) is 5.91 Å². The van der Waals surface area contributed by atoms with Gasteiger partial charge < -0.3 is 11.1 Å². The molecule has 0 aromatic carbocycles. The number of nitrogens with zero attached hydrogens (tertiary/aromatic N) is 3. The van der Waals surface area contributed by atoms with Gasteiger partial charge in [0.1, 0.15) is 5.69 Å². The van der Waals surface area contributed by atoms with Crippen molar-refractivity contribution >= 4 is 11.6 Å². The fourth-order valence-corrected chi connectivity index (χ4v) is 2.44. The van der Waals surface area contributed by atoms with Gasteiger partial charge in [-0.2, -0.15) is 5.10 Å². The zero-order chi connectivity index (χ0) is 15.4. The second-order valence-electron chi connectivity index (χ2n) is 5.65. The summed E-state index contributed by atoms with van der Waals surface area (Å²) in [5, 5.41) is 7.06. The van der Waals surface area contributed by atoms with Crippen LogP contribution in [0.1, 0.15) is 43.9 Å². The zero-order valence-electron chi connectivity index (χ0n) is 13.4. The van der Waals surface area contributed by atoms with Crippen molar-refractivity contribution in [2.75, 3.05) is 18.8 Å². The van der Waals surface area contributed by atoms with E-state index in [9.17, 15) is 4.79 Å². The van der Waals surface area contributed by atoms with Crippen LogP contribution in [0.4, 0.5) is 5.69 Å². The molecule has 20 heavy (non-hydrogen) atoms. The van der Waals surface area contributed by atoms with Gasteiger partial charge in [0, 0.05) is 32.2 Å².